The van der Waals surface area contributed by atoms with Crippen LogP contribution in [-0.4, -0.2) is 25.0 Å². The van der Waals surface area contributed by atoms with Gasteiger partial charge in [0, 0.05) is 0 Å². The van der Waals surface area contributed by atoms with Crippen molar-refractivity contribution in [1.29, 1.82) is 0 Å². The molecule has 2 amide bonds. The first-order chi connectivity index (χ1) is 14.3. The molecule has 162 valence electrons. The van der Waals surface area contributed by atoms with Crippen LogP contribution in [0, 0.1) is 12.8 Å². The van der Waals surface area contributed by atoms with Gasteiger partial charge in [-0.2, -0.15) is 0 Å². The van der Waals surface area contributed by atoms with Gasteiger partial charge in [0.2, 0.25) is 0 Å². The minimum atomic E-state index is -0.447. The fourth-order valence-corrected chi connectivity index (χ4v) is 2.80. The Labute approximate surface area is 178 Å². The van der Waals surface area contributed by atoms with Crippen LogP contribution in [0.3, 0.4) is 0 Å². The summed E-state index contributed by atoms with van der Waals surface area (Å²) in [5, 5.41) is 0. The predicted octanol–water partition coefficient (Wildman–Crippen LogP) is 4.38. The van der Waals surface area contributed by atoms with E-state index in [-0.39, 0.29) is 12.5 Å². The summed E-state index contributed by atoms with van der Waals surface area (Å²) in [6.07, 6.45) is 0.890. The lowest BCUT2D eigenvalue weighted by molar-refractivity contribution is -0.123. The maximum atomic E-state index is 12.5. The number of hydrogen-bond donors (Lipinski definition) is 2. The Morgan fingerprint density at radius 3 is 2.37 bits per heavy atom. The summed E-state index contributed by atoms with van der Waals surface area (Å²) < 4.78 is 11.4. The fourth-order valence-electron chi connectivity index (χ4n) is 2.80. The van der Waals surface area contributed by atoms with Crippen LogP contribution in [0.5, 0.6) is 11.5 Å². The van der Waals surface area contributed by atoms with Crippen molar-refractivity contribution in [2.45, 2.75) is 47.0 Å². The van der Waals surface area contributed by atoms with Crippen molar-refractivity contribution in [3.63, 3.8) is 0 Å². The van der Waals surface area contributed by atoms with Gasteiger partial charge in [0.25, 0.3) is 11.8 Å². The van der Waals surface area contributed by atoms with Gasteiger partial charge in [-0.25, -0.2) is 0 Å². The van der Waals surface area contributed by atoms with E-state index in [0.717, 1.165) is 17.5 Å². The molecule has 0 radical (unpaired) electrons. The van der Waals surface area contributed by atoms with Gasteiger partial charge < -0.3 is 9.47 Å². The summed E-state index contributed by atoms with van der Waals surface area (Å²) >= 11 is 0. The number of amides is 2. The highest BCUT2D eigenvalue weighted by Gasteiger charge is 2.14. The Morgan fingerprint density at radius 1 is 0.933 bits per heavy atom. The van der Waals surface area contributed by atoms with Crippen molar-refractivity contribution in [3.05, 3.63) is 59.2 Å². The molecule has 0 unspecified atom stereocenters. The van der Waals surface area contributed by atoms with Gasteiger partial charge in [0.1, 0.15) is 11.5 Å². The van der Waals surface area contributed by atoms with Gasteiger partial charge in [-0.15, -0.1) is 0 Å². The summed E-state index contributed by atoms with van der Waals surface area (Å²) in [4.78, 5) is 24.7. The topological polar surface area (TPSA) is 76.7 Å². The standard InChI is InChI=1S/C24H32N2O4/c1-16(2)12-13-29-21-9-7-6-8-20(21)24(28)26-25-23(27)15-30-22-14-18(5)10-11-19(22)17(3)4/h6-11,14,16-17H,12-13,15H2,1-5H3,(H,25,27)(H,26,28). The minimum absolute atomic E-state index is 0.198. The van der Waals surface area contributed by atoms with E-state index < -0.39 is 11.8 Å². The average molecular weight is 413 g/mol. The van der Waals surface area contributed by atoms with Crippen molar-refractivity contribution in [2.75, 3.05) is 13.2 Å². The quantitative estimate of drug-likeness (QED) is 0.599. The number of benzene rings is 2. The number of para-hydroxylation sites is 1. The molecule has 0 atom stereocenters. The van der Waals surface area contributed by atoms with Crippen molar-refractivity contribution in [1.82, 2.24) is 10.9 Å². The number of hydrogen-bond acceptors (Lipinski definition) is 4. The van der Waals surface area contributed by atoms with E-state index in [4.69, 9.17) is 9.47 Å². The highest BCUT2D eigenvalue weighted by molar-refractivity contribution is 5.97. The molecule has 0 spiro atoms. The maximum absolute atomic E-state index is 12.5. The minimum Gasteiger partial charge on any atom is -0.493 e. The van der Waals surface area contributed by atoms with Crippen LogP contribution in [0.2, 0.25) is 0 Å². The second-order valence-electron chi connectivity index (χ2n) is 8.01. The molecule has 2 rings (SSSR count). The second-order valence-corrected chi connectivity index (χ2v) is 8.01. The number of carbonyl (C=O) groups is 2. The molecular weight excluding hydrogens is 380 g/mol. The van der Waals surface area contributed by atoms with E-state index in [1.807, 2.05) is 31.2 Å². The van der Waals surface area contributed by atoms with E-state index in [9.17, 15) is 9.59 Å². The Bertz CT molecular complexity index is 862. The Morgan fingerprint density at radius 2 is 1.67 bits per heavy atom. The lowest BCUT2D eigenvalue weighted by atomic mass is 10.0. The number of rotatable bonds is 9. The van der Waals surface area contributed by atoms with Crippen LogP contribution < -0.4 is 20.3 Å². The molecule has 0 saturated carbocycles. The van der Waals surface area contributed by atoms with Crippen LogP contribution >= 0.6 is 0 Å². The van der Waals surface area contributed by atoms with E-state index in [0.29, 0.717) is 29.6 Å². The molecule has 2 aromatic rings. The predicted molar refractivity (Wildman–Crippen MR) is 118 cm³/mol. The number of ether oxygens (including phenoxy) is 2. The van der Waals surface area contributed by atoms with Gasteiger partial charge in [-0.05, 0) is 54.5 Å². The molecule has 0 fully saturated rings. The van der Waals surface area contributed by atoms with Gasteiger partial charge in [-0.3, -0.25) is 20.4 Å². The number of carbonyl (C=O) groups excluding carboxylic acids is 2. The Balaban J connectivity index is 1.90. The molecule has 30 heavy (non-hydrogen) atoms. The fraction of sp³-hybridized carbons (Fsp3) is 0.417. The molecule has 0 aliphatic heterocycles. The summed E-state index contributed by atoms with van der Waals surface area (Å²) in [5.41, 5.74) is 7.27. The molecule has 0 aliphatic carbocycles. The molecule has 0 heterocycles. The molecule has 2 aromatic carbocycles. The molecule has 6 nitrogen and oxygen atoms in total. The van der Waals surface area contributed by atoms with Crippen LogP contribution in [0.1, 0.15) is 61.5 Å². The molecule has 6 heteroatoms. The Hall–Kier alpha value is -3.02. The summed E-state index contributed by atoms with van der Waals surface area (Å²) in [7, 11) is 0. The van der Waals surface area contributed by atoms with Gasteiger partial charge in [0.15, 0.2) is 6.61 Å². The number of hydrazine groups is 1. The van der Waals surface area contributed by atoms with Crippen LogP contribution in [0.4, 0.5) is 0 Å². The average Bonchev–Trinajstić information content (AvgIpc) is 2.70. The molecule has 0 aromatic heterocycles. The lowest BCUT2D eigenvalue weighted by Crippen LogP contribution is -2.44. The van der Waals surface area contributed by atoms with Crippen LogP contribution in [-0.2, 0) is 4.79 Å². The largest absolute Gasteiger partial charge is 0.493 e. The summed E-state index contributed by atoms with van der Waals surface area (Å²) in [6.45, 7) is 10.7. The zero-order chi connectivity index (χ0) is 22.1. The van der Waals surface area contributed by atoms with Crippen molar-refractivity contribution >= 4 is 11.8 Å². The smallest absolute Gasteiger partial charge is 0.276 e. The first kappa shape index (κ1) is 23.3. The molecular formula is C24H32N2O4. The maximum Gasteiger partial charge on any atom is 0.276 e. The van der Waals surface area contributed by atoms with Crippen LogP contribution in [0.25, 0.3) is 0 Å². The molecule has 0 aliphatic rings. The summed E-state index contributed by atoms with van der Waals surface area (Å²) in [5.74, 6) is 1.06. The third-order valence-electron chi connectivity index (χ3n) is 4.55. The van der Waals surface area contributed by atoms with E-state index in [2.05, 4.69) is 38.5 Å². The molecule has 0 bridgehead atoms. The normalized spacial score (nSPS) is 10.8. The first-order valence-electron chi connectivity index (χ1n) is 10.3. The second kappa shape index (κ2) is 11.2. The SMILES string of the molecule is Cc1ccc(C(C)C)c(OCC(=O)NNC(=O)c2ccccc2OCCC(C)C)c1. The summed E-state index contributed by atoms with van der Waals surface area (Å²) in [6, 6.07) is 12.9. The van der Waals surface area contributed by atoms with Gasteiger partial charge in [0.05, 0.1) is 12.2 Å². The monoisotopic (exact) mass is 412 g/mol. The van der Waals surface area contributed by atoms with Gasteiger partial charge >= 0.3 is 0 Å². The first-order valence-corrected chi connectivity index (χ1v) is 10.3. The van der Waals surface area contributed by atoms with Crippen molar-refractivity contribution in [3.8, 4) is 11.5 Å². The third kappa shape index (κ3) is 7.10. The zero-order valence-corrected chi connectivity index (χ0v) is 18.5. The highest BCUT2D eigenvalue weighted by atomic mass is 16.5. The van der Waals surface area contributed by atoms with Crippen molar-refractivity contribution < 1.29 is 19.1 Å². The number of nitrogens with one attached hydrogen (secondary N) is 2. The zero-order valence-electron chi connectivity index (χ0n) is 18.5. The van der Waals surface area contributed by atoms with Crippen molar-refractivity contribution in [2.24, 2.45) is 5.92 Å². The Kier molecular flexibility index (Phi) is 8.71. The third-order valence-corrected chi connectivity index (χ3v) is 4.55. The van der Waals surface area contributed by atoms with Gasteiger partial charge in [-0.1, -0.05) is 52.0 Å². The lowest BCUT2D eigenvalue weighted by Gasteiger charge is -2.15. The highest BCUT2D eigenvalue weighted by Crippen LogP contribution is 2.27. The molecule has 0 saturated heterocycles. The number of aryl methyl sites for hydroxylation is 1. The van der Waals surface area contributed by atoms with E-state index >= 15 is 0 Å². The van der Waals surface area contributed by atoms with E-state index in [1.165, 1.54) is 0 Å². The molecule has 2 N–H and O–H groups in total. The van der Waals surface area contributed by atoms with Crippen LogP contribution in [0.15, 0.2) is 42.5 Å². The van der Waals surface area contributed by atoms with E-state index in [1.54, 1.807) is 18.2 Å².